The van der Waals surface area contributed by atoms with E-state index < -0.39 is 0 Å². The number of hydrogen-bond donors (Lipinski definition) is 1. The summed E-state index contributed by atoms with van der Waals surface area (Å²) in [4.78, 5) is 11.2. The number of rotatable bonds is 1. The van der Waals surface area contributed by atoms with Crippen molar-refractivity contribution in [1.82, 2.24) is 0 Å². The molecule has 0 radical (unpaired) electrons. The predicted octanol–water partition coefficient (Wildman–Crippen LogP) is 4.04. The normalized spacial score (nSPS) is 18.2. The molecule has 0 aliphatic carbocycles. The topological polar surface area (TPSA) is 38.3 Å². The zero-order chi connectivity index (χ0) is 11.8. The lowest BCUT2D eigenvalue weighted by Crippen LogP contribution is -2.22. The van der Waals surface area contributed by atoms with E-state index in [9.17, 15) is 4.79 Å². The first-order chi connectivity index (χ1) is 8.24. The molecule has 1 unspecified atom stereocenters. The summed E-state index contributed by atoms with van der Waals surface area (Å²) in [5, 5.41) is 6.86. The number of carbonyl (C=O) groups is 1. The molecule has 1 amide bonds. The first kappa shape index (κ1) is 10.4. The smallest absolute Gasteiger partial charge is 0.412 e. The molecule has 1 aliphatic heterocycles. The third kappa shape index (κ3) is 1.80. The highest BCUT2D eigenvalue weighted by Crippen LogP contribution is 2.34. The van der Waals surface area contributed by atoms with Crippen LogP contribution in [-0.4, -0.2) is 6.09 Å². The zero-order valence-electron chi connectivity index (χ0n) is 9.27. The van der Waals surface area contributed by atoms with Crippen LogP contribution in [0.15, 0.2) is 35.0 Å². The van der Waals surface area contributed by atoms with E-state index >= 15 is 0 Å². The second kappa shape index (κ2) is 3.89. The summed E-state index contributed by atoms with van der Waals surface area (Å²) in [6.07, 6.45) is -0.578. The van der Waals surface area contributed by atoms with E-state index in [2.05, 4.69) is 28.2 Å². The van der Waals surface area contributed by atoms with E-state index in [0.29, 0.717) is 0 Å². The van der Waals surface area contributed by atoms with Crippen LogP contribution < -0.4 is 5.32 Å². The number of cyclic esters (lactones) is 1. The van der Waals surface area contributed by atoms with E-state index in [1.165, 1.54) is 5.56 Å². The van der Waals surface area contributed by atoms with Crippen molar-refractivity contribution in [2.24, 2.45) is 0 Å². The molecule has 3 rings (SSSR count). The van der Waals surface area contributed by atoms with Crippen molar-refractivity contribution in [2.45, 2.75) is 13.0 Å². The molecule has 17 heavy (non-hydrogen) atoms. The number of nitrogens with one attached hydrogen (secondary N) is 1. The van der Waals surface area contributed by atoms with Gasteiger partial charge in [0.05, 0.1) is 5.69 Å². The number of thiophene rings is 1. The van der Waals surface area contributed by atoms with Gasteiger partial charge < -0.3 is 4.74 Å². The van der Waals surface area contributed by atoms with Gasteiger partial charge in [-0.05, 0) is 47.0 Å². The van der Waals surface area contributed by atoms with Gasteiger partial charge in [-0.15, -0.1) is 0 Å². The van der Waals surface area contributed by atoms with Gasteiger partial charge in [0.15, 0.2) is 0 Å². The van der Waals surface area contributed by atoms with Crippen molar-refractivity contribution in [3.63, 3.8) is 0 Å². The maximum atomic E-state index is 11.2. The molecule has 86 valence electrons. The van der Waals surface area contributed by atoms with Crippen LogP contribution in [0.3, 0.4) is 0 Å². The molecule has 0 saturated heterocycles. The van der Waals surface area contributed by atoms with Gasteiger partial charge in [0.25, 0.3) is 0 Å². The van der Waals surface area contributed by atoms with Crippen molar-refractivity contribution in [3.8, 4) is 11.1 Å². The van der Waals surface area contributed by atoms with Crippen LogP contribution in [0.5, 0.6) is 0 Å². The lowest BCUT2D eigenvalue weighted by atomic mass is 10.0. The maximum absolute atomic E-state index is 11.2. The van der Waals surface area contributed by atoms with Gasteiger partial charge in [0, 0.05) is 5.56 Å². The molecule has 1 aromatic heterocycles. The van der Waals surface area contributed by atoms with E-state index in [0.717, 1.165) is 16.8 Å². The van der Waals surface area contributed by atoms with Crippen molar-refractivity contribution < 1.29 is 9.53 Å². The zero-order valence-corrected chi connectivity index (χ0v) is 10.1. The first-order valence-electron chi connectivity index (χ1n) is 5.38. The Hall–Kier alpha value is -1.81. The summed E-state index contributed by atoms with van der Waals surface area (Å²) < 4.78 is 5.14. The minimum Gasteiger partial charge on any atom is -0.441 e. The SMILES string of the molecule is CC1OC(=O)Nc2ccc(-c3ccsc3)cc21. The monoisotopic (exact) mass is 245 g/mol. The molecule has 0 fully saturated rings. The van der Waals surface area contributed by atoms with Crippen LogP contribution in [-0.2, 0) is 4.74 Å². The summed E-state index contributed by atoms with van der Waals surface area (Å²) >= 11 is 1.67. The average molecular weight is 245 g/mol. The minimum atomic E-state index is -0.381. The van der Waals surface area contributed by atoms with Crippen LogP contribution in [0.4, 0.5) is 10.5 Å². The Morgan fingerprint density at radius 3 is 2.94 bits per heavy atom. The molecule has 1 atom stereocenters. The predicted molar refractivity (Wildman–Crippen MR) is 68.3 cm³/mol. The fourth-order valence-corrected chi connectivity index (χ4v) is 2.65. The third-order valence-corrected chi connectivity index (χ3v) is 3.55. The summed E-state index contributed by atoms with van der Waals surface area (Å²) in [6.45, 7) is 1.88. The average Bonchev–Trinajstić information content (AvgIpc) is 2.82. The van der Waals surface area contributed by atoms with Gasteiger partial charge in [0.1, 0.15) is 6.10 Å². The fraction of sp³-hybridized carbons (Fsp3) is 0.154. The number of ether oxygens (including phenoxy) is 1. The number of fused-ring (bicyclic) bond motifs is 1. The molecular weight excluding hydrogens is 234 g/mol. The first-order valence-corrected chi connectivity index (χ1v) is 6.32. The van der Waals surface area contributed by atoms with Crippen molar-refractivity contribution in [3.05, 3.63) is 40.6 Å². The summed E-state index contributed by atoms with van der Waals surface area (Å²) in [5.74, 6) is 0. The molecule has 3 nitrogen and oxygen atoms in total. The number of benzene rings is 1. The lowest BCUT2D eigenvalue weighted by Gasteiger charge is -2.23. The van der Waals surface area contributed by atoms with E-state index in [-0.39, 0.29) is 12.2 Å². The van der Waals surface area contributed by atoms with Gasteiger partial charge in [-0.1, -0.05) is 6.07 Å². The van der Waals surface area contributed by atoms with Crippen molar-refractivity contribution >= 4 is 23.1 Å². The van der Waals surface area contributed by atoms with E-state index in [1.54, 1.807) is 11.3 Å². The Morgan fingerprint density at radius 1 is 1.29 bits per heavy atom. The van der Waals surface area contributed by atoms with Gasteiger partial charge in [-0.2, -0.15) is 11.3 Å². The fourth-order valence-electron chi connectivity index (χ4n) is 1.98. The standard InChI is InChI=1S/C13H11NO2S/c1-8-11-6-9(10-4-5-17-7-10)2-3-12(11)14-13(15)16-8/h2-8H,1H3,(H,14,15). The van der Waals surface area contributed by atoms with Crippen LogP contribution >= 0.6 is 11.3 Å². The van der Waals surface area contributed by atoms with Crippen LogP contribution in [0.1, 0.15) is 18.6 Å². The molecule has 2 aromatic rings. The summed E-state index contributed by atoms with van der Waals surface area (Å²) in [7, 11) is 0. The Labute approximate surface area is 103 Å². The minimum absolute atomic E-state index is 0.197. The van der Waals surface area contributed by atoms with Gasteiger partial charge in [-0.25, -0.2) is 4.79 Å². The second-order valence-corrected chi connectivity index (χ2v) is 4.77. The maximum Gasteiger partial charge on any atom is 0.412 e. The number of anilines is 1. The molecule has 0 spiro atoms. The van der Waals surface area contributed by atoms with Gasteiger partial charge >= 0.3 is 6.09 Å². The number of amides is 1. The van der Waals surface area contributed by atoms with Crippen molar-refractivity contribution in [2.75, 3.05) is 5.32 Å². The Kier molecular flexibility index (Phi) is 2.37. The highest BCUT2D eigenvalue weighted by atomic mass is 32.1. The Balaban J connectivity index is 2.07. The highest BCUT2D eigenvalue weighted by Gasteiger charge is 2.22. The summed E-state index contributed by atoms with van der Waals surface area (Å²) in [6, 6.07) is 8.10. The van der Waals surface area contributed by atoms with Crippen LogP contribution in [0.25, 0.3) is 11.1 Å². The van der Waals surface area contributed by atoms with Crippen molar-refractivity contribution in [1.29, 1.82) is 0 Å². The summed E-state index contributed by atoms with van der Waals surface area (Å²) in [5.41, 5.74) is 4.21. The quantitative estimate of drug-likeness (QED) is 0.823. The third-order valence-electron chi connectivity index (χ3n) is 2.86. The molecule has 1 aliphatic rings. The second-order valence-electron chi connectivity index (χ2n) is 3.99. The number of carbonyl (C=O) groups excluding carboxylic acids is 1. The van der Waals surface area contributed by atoms with Crippen LogP contribution in [0, 0.1) is 0 Å². The molecule has 0 saturated carbocycles. The lowest BCUT2D eigenvalue weighted by molar-refractivity contribution is 0.116. The molecule has 1 N–H and O–H groups in total. The molecular formula is C13H11NO2S. The van der Waals surface area contributed by atoms with E-state index in [1.807, 2.05) is 19.1 Å². The molecule has 1 aromatic carbocycles. The van der Waals surface area contributed by atoms with Gasteiger partial charge in [0.2, 0.25) is 0 Å². The molecule has 0 bridgehead atoms. The Bertz CT molecular complexity index is 563. The molecule has 2 heterocycles. The van der Waals surface area contributed by atoms with Crippen LogP contribution in [0.2, 0.25) is 0 Å². The van der Waals surface area contributed by atoms with Gasteiger partial charge in [-0.3, -0.25) is 5.32 Å². The largest absolute Gasteiger partial charge is 0.441 e. The van der Waals surface area contributed by atoms with E-state index in [4.69, 9.17) is 4.74 Å². The number of hydrogen-bond acceptors (Lipinski definition) is 3. The molecule has 4 heteroatoms. The highest BCUT2D eigenvalue weighted by molar-refractivity contribution is 7.08. The Morgan fingerprint density at radius 2 is 2.18 bits per heavy atom.